The van der Waals surface area contributed by atoms with Crippen molar-refractivity contribution in [2.24, 2.45) is 11.8 Å². The molecule has 1 rings (SSSR count). The molecule has 3 atom stereocenters. The summed E-state index contributed by atoms with van der Waals surface area (Å²) in [4.78, 5) is 0. The van der Waals surface area contributed by atoms with E-state index in [2.05, 4.69) is 31.1 Å². The van der Waals surface area contributed by atoms with E-state index in [0.717, 1.165) is 18.3 Å². The Labute approximate surface area is 95.0 Å². The maximum atomic E-state index is 3.48. The lowest BCUT2D eigenvalue weighted by molar-refractivity contribution is 0.222. The number of rotatable bonds is 4. The van der Waals surface area contributed by atoms with E-state index in [1.165, 1.54) is 32.1 Å². The van der Waals surface area contributed by atoms with Crippen molar-refractivity contribution < 1.29 is 0 Å². The number of hydrogen-bond donors (Lipinski definition) is 1. The summed E-state index contributed by atoms with van der Waals surface area (Å²) in [5.41, 5.74) is 0. The predicted octanol–water partition coefficient (Wildman–Crippen LogP) is 3.20. The van der Waals surface area contributed by atoms with Crippen molar-refractivity contribution in [1.82, 2.24) is 5.32 Å². The molecule has 1 saturated carbocycles. The molecule has 1 fully saturated rings. The van der Waals surface area contributed by atoms with Crippen LogP contribution in [0.25, 0.3) is 0 Å². The predicted molar refractivity (Wildman–Crippen MR) is 66.7 cm³/mol. The zero-order valence-electron chi connectivity index (χ0n) is 10.5. The molecule has 0 aliphatic heterocycles. The zero-order chi connectivity index (χ0) is 11.1. The average Bonchev–Trinajstić information content (AvgIpc) is 2.24. The van der Waals surface area contributed by atoms with Gasteiger partial charge in [-0.05, 0) is 45.1 Å². The third-order valence-corrected chi connectivity index (χ3v) is 3.67. The fourth-order valence-corrected chi connectivity index (χ4v) is 2.81. The van der Waals surface area contributed by atoms with Crippen LogP contribution in [0.5, 0.6) is 0 Å². The van der Waals surface area contributed by atoms with Gasteiger partial charge in [0.1, 0.15) is 0 Å². The molecule has 0 bridgehead atoms. The summed E-state index contributed by atoms with van der Waals surface area (Å²) >= 11 is 0. The van der Waals surface area contributed by atoms with Crippen molar-refractivity contribution in [3.63, 3.8) is 0 Å². The molecule has 0 amide bonds. The third kappa shape index (κ3) is 4.26. The molecule has 0 spiro atoms. The molecule has 0 aromatic rings. The molecule has 1 aliphatic rings. The Hall–Kier alpha value is -0.480. The highest BCUT2D eigenvalue weighted by atomic mass is 14.9. The third-order valence-electron chi connectivity index (χ3n) is 3.67. The van der Waals surface area contributed by atoms with Gasteiger partial charge in [-0.1, -0.05) is 19.8 Å². The Morgan fingerprint density at radius 1 is 1.40 bits per heavy atom. The molecular formula is C14H25N. The lowest BCUT2D eigenvalue weighted by Gasteiger charge is -2.33. The minimum atomic E-state index is 0.689. The highest BCUT2D eigenvalue weighted by Gasteiger charge is 2.24. The Bertz CT molecular complexity index is 223. The van der Waals surface area contributed by atoms with E-state index in [1.807, 2.05) is 6.92 Å². The van der Waals surface area contributed by atoms with Gasteiger partial charge < -0.3 is 5.32 Å². The quantitative estimate of drug-likeness (QED) is 0.698. The van der Waals surface area contributed by atoms with Crippen LogP contribution in [0.1, 0.15) is 52.4 Å². The topological polar surface area (TPSA) is 12.0 Å². The lowest BCUT2D eigenvalue weighted by atomic mass is 9.77. The summed E-state index contributed by atoms with van der Waals surface area (Å²) in [6.07, 6.45) is 7.94. The highest BCUT2D eigenvalue weighted by Crippen LogP contribution is 2.31. The Kier molecular flexibility index (Phi) is 5.79. The molecule has 0 radical (unpaired) electrons. The van der Waals surface area contributed by atoms with Crippen molar-refractivity contribution in [2.75, 3.05) is 7.05 Å². The van der Waals surface area contributed by atoms with Gasteiger partial charge in [0.25, 0.3) is 0 Å². The van der Waals surface area contributed by atoms with Crippen molar-refractivity contribution in [3.05, 3.63) is 0 Å². The fraction of sp³-hybridized carbons (Fsp3) is 0.857. The van der Waals surface area contributed by atoms with Crippen LogP contribution in [0.15, 0.2) is 0 Å². The summed E-state index contributed by atoms with van der Waals surface area (Å²) in [6.45, 7) is 4.32. The van der Waals surface area contributed by atoms with Gasteiger partial charge in [0.2, 0.25) is 0 Å². The maximum Gasteiger partial charge on any atom is 0.0103 e. The molecule has 0 heterocycles. The Morgan fingerprint density at radius 3 is 2.80 bits per heavy atom. The molecule has 0 aromatic carbocycles. The molecule has 1 aliphatic carbocycles. The molecule has 86 valence electrons. The largest absolute Gasteiger partial charge is 0.317 e. The van der Waals surface area contributed by atoms with Crippen LogP contribution < -0.4 is 5.32 Å². The van der Waals surface area contributed by atoms with Crippen LogP contribution in [-0.4, -0.2) is 13.1 Å². The number of nitrogens with one attached hydrogen (secondary N) is 1. The molecule has 0 saturated heterocycles. The molecule has 15 heavy (non-hydrogen) atoms. The fourth-order valence-electron chi connectivity index (χ4n) is 2.81. The summed E-state index contributed by atoms with van der Waals surface area (Å²) < 4.78 is 0. The lowest BCUT2D eigenvalue weighted by Crippen LogP contribution is -2.36. The van der Waals surface area contributed by atoms with Crippen molar-refractivity contribution in [2.45, 2.75) is 58.4 Å². The van der Waals surface area contributed by atoms with Crippen molar-refractivity contribution in [3.8, 4) is 11.8 Å². The molecule has 0 aromatic heterocycles. The molecule has 1 nitrogen and oxygen atoms in total. The van der Waals surface area contributed by atoms with Gasteiger partial charge in [0.15, 0.2) is 0 Å². The Morgan fingerprint density at radius 2 is 2.20 bits per heavy atom. The van der Waals surface area contributed by atoms with Gasteiger partial charge in [-0.15, -0.1) is 11.8 Å². The van der Waals surface area contributed by atoms with E-state index in [-0.39, 0.29) is 0 Å². The van der Waals surface area contributed by atoms with Crippen LogP contribution in [0.2, 0.25) is 0 Å². The first kappa shape index (κ1) is 12.6. The summed E-state index contributed by atoms with van der Waals surface area (Å²) in [6, 6.07) is 0.689. The first-order chi connectivity index (χ1) is 7.27. The molecule has 1 heteroatoms. The van der Waals surface area contributed by atoms with Crippen LogP contribution in [0.4, 0.5) is 0 Å². The van der Waals surface area contributed by atoms with Gasteiger partial charge in [0, 0.05) is 12.5 Å². The minimum absolute atomic E-state index is 0.689. The second-order valence-electron chi connectivity index (χ2n) is 4.89. The smallest absolute Gasteiger partial charge is 0.0103 e. The second kappa shape index (κ2) is 6.90. The van der Waals surface area contributed by atoms with E-state index in [4.69, 9.17) is 0 Å². The average molecular weight is 207 g/mol. The van der Waals surface area contributed by atoms with Crippen molar-refractivity contribution >= 4 is 0 Å². The standard InChI is InChI=1S/C14H25N/c1-4-5-6-10-14(15-3)13-9-7-8-12(2)11-13/h12-15H,6-11H2,1-3H3. The first-order valence-corrected chi connectivity index (χ1v) is 6.34. The van der Waals surface area contributed by atoms with Crippen LogP contribution >= 0.6 is 0 Å². The van der Waals surface area contributed by atoms with E-state index >= 15 is 0 Å². The van der Waals surface area contributed by atoms with Crippen LogP contribution in [-0.2, 0) is 0 Å². The summed E-state index contributed by atoms with van der Waals surface area (Å²) in [5.74, 6) is 7.97. The monoisotopic (exact) mass is 207 g/mol. The zero-order valence-corrected chi connectivity index (χ0v) is 10.5. The van der Waals surface area contributed by atoms with Crippen molar-refractivity contribution in [1.29, 1.82) is 0 Å². The minimum Gasteiger partial charge on any atom is -0.317 e. The number of hydrogen-bond acceptors (Lipinski definition) is 1. The van der Waals surface area contributed by atoms with Gasteiger partial charge in [-0.25, -0.2) is 0 Å². The Balaban J connectivity index is 2.37. The van der Waals surface area contributed by atoms with E-state index in [1.54, 1.807) is 0 Å². The van der Waals surface area contributed by atoms with Gasteiger partial charge in [0.05, 0.1) is 0 Å². The van der Waals surface area contributed by atoms with Gasteiger partial charge in [-0.2, -0.15) is 0 Å². The second-order valence-corrected chi connectivity index (χ2v) is 4.89. The summed E-state index contributed by atoms with van der Waals surface area (Å²) in [7, 11) is 2.10. The van der Waals surface area contributed by atoms with E-state index in [0.29, 0.717) is 6.04 Å². The SMILES string of the molecule is CC#CCCC(NC)C1CCCC(C)C1. The van der Waals surface area contributed by atoms with Crippen LogP contribution in [0.3, 0.4) is 0 Å². The van der Waals surface area contributed by atoms with Gasteiger partial charge >= 0.3 is 0 Å². The maximum absolute atomic E-state index is 3.48. The highest BCUT2D eigenvalue weighted by molar-refractivity contribution is 4.96. The molecule has 3 unspecified atom stereocenters. The summed E-state index contributed by atoms with van der Waals surface area (Å²) in [5, 5.41) is 3.48. The van der Waals surface area contributed by atoms with Crippen LogP contribution in [0, 0.1) is 23.7 Å². The first-order valence-electron chi connectivity index (χ1n) is 6.34. The van der Waals surface area contributed by atoms with E-state index in [9.17, 15) is 0 Å². The van der Waals surface area contributed by atoms with Gasteiger partial charge in [-0.3, -0.25) is 0 Å². The van der Waals surface area contributed by atoms with E-state index < -0.39 is 0 Å². The molecule has 1 N–H and O–H groups in total. The molecular weight excluding hydrogens is 182 g/mol. The normalized spacial score (nSPS) is 27.9.